The van der Waals surface area contributed by atoms with Gasteiger partial charge >= 0.3 is 6.09 Å². The molecular formula is C15H21ClN4O2S. The van der Waals surface area contributed by atoms with E-state index in [0.29, 0.717) is 24.7 Å². The van der Waals surface area contributed by atoms with Gasteiger partial charge in [-0.1, -0.05) is 11.6 Å². The number of halogens is 1. The summed E-state index contributed by atoms with van der Waals surface area (Å²) in [5, 5.41) is 7.17. The van der Waals surface area contributed by atoms with Crippen LogP contribution in [0.4, 0.5) is 16.2 Å². The normalized spacial score (nSPS) is 15.1. The van der Waals surface area contributed by atoms with Crippen LogP contribution in [0.25, 0.3) is 0 Å². The molecule has 0 unspecified atom stereocenters. The second kappa shape index (κ2) is 8.21. The highest BCUT2D eigenvalue weighted by Crippen LogP contribution is 2.28. The molecule has 1 fully saturated rings. The van der Waals surface area contributed by atoms with E-state index in [9.17, 15) is 4.79 Å². The van der Waals surface area contributed by atoms with E-state index >= 15 is 0 Å². The summed E-state index contributed by atoms with van der Waals surface area (Å²) < 4.78 is 5.02. The number of nitrogens with zero attached hydrogens (tertiary/aromatic N) is 1. The van der Waals surface area contributed by atoms with E-state index in [-0.39, 0.29) is 17.2 Å². The average molecular weight is 357 g/mol. The Labute approximate surface area is 146 Å². The number of rotatable bonds is 4. The molecule has 1 aliphatic rings. The van der Waals surface area contributed by atoms with Crippen molar-refractivity contribution in [3.8, 4) is 0 Å². The third-order valence-electron chi connectivity index (χ3n) is 3.62. The van der Waals surface area contributed by atoms with E-state index in [2.05, 4.69) is 10.6 Å². The van der Waals surface area contributed by atoms with Gasteiger partial charge in [-0.2, -0.15) is 0 Å². The van der Waals surface area contributed by atoms with E-state index in [1.807, 2.05) is 19.1 Å². The quantitative estimate of drug-likeness (QED) is 0.720. The second-order valence-electron chi connectivity index (χ2n) is 5.28. The van der Waals surface area contributed by atoms with E-state index < -0.39 is 0 Å². The van der Waals surface area contributed by atoms with Crippen LogP contribution >= 0.6 is 23.8 Å². The number of thiocarbonyl (C=S) groups is 1. The number of carbonyl (C=O) groups excluding carboxylic acids is 1. The Morgan fingerprint density at radius 3 is 2.74 bits per heavy atom. The van der Waals surface area contributed by atoms with Gasteiger partial charge in [0.25, 0.3) is 0 Å². The van der Waals surface area contributed by atoms with Gasteiger partial charge in [-0.15, -0.1) is 0 Å². The Morgan fingerprint density at radius 1 is 1.43 bits per heavy atom. The molecule has 0 saturated carbocycles. The van der Waals surface area contributed by atoms with Gasteiger partial charge in [0.15, 0.2) is 5.11 Å². The Kier molecular flexibility index (Phi) is 6.29. The van der Waals surface area contributed by atoms with Crippen LogP contribution in [0.5, 0.6) is 0 Å². The molecule has 1 aliphatic heterocycles. The number of benzene rings is 1. The van der Waals surface area contributed by atoms with Gasteiger partial charge in [-0.3, -0.25) is 0 Å². The van der Waals surface area contributed by atoms with Crippen LogP contribution < -0.4 is 16.4 Å². The molecule has 1 heterocycles. The lowest BCUT2D eigenvalue weighted by molar-refractivity contribution is 0.0983. The fraction of sp³-hybridized carbons (Fsp3) is 0.467. The Bertz CT molecular complexity index is 577. The van der Waals surface area contributed by atoms with Crippen molar-refractivity contribution >= 4 is 46.4 Å². The van der Waals surface area contributed by atoms with Crippen molar-refractivity contribution < 1.29 is 9.53 Å². The molecule has 6 nitrogen and oxygen atoms in total. The van der Waals surface area contributed by atoms with Crippen LogP contribution in [-0.2, 0) is 4.74 Å². The Morgan fingerprint density at radius 2 is 2.13 bits per heavy atom. The number of anilines is 2. The number of hydrogen-bond acceptors (Lipinski definition) is 4. The summed E-state index contributed by atoms with van der Waals surface area (Å²) in [5.74, 6) is 0. The van der Waals surface area contributed by atoms with E-state index in [1.54, 1.807) is 11.0 Å². The average Bonchev–Trinajstić information content (AvgIpc) is 2.50. The van der Waals surface area contributed by atoms with Gasteiger partial charge < -0.3 is 26.0 Å². The summed E-state index contributed by atoms with van der Waals surface area (Å²) in [7, 11) is 0. The Hall–Kier alpha value is -1.73. The highest BCUT2D eigenvalue weighted by molar-refractivity contribution is 7.80. The third kappa shape index (κ3) is 5.14. The molecule has 0 spiro atoms. The monoisotopic (exact) mass is 356 g/mol. The maximum absolute atomic E-state index is 11.7. The van der Waals surface area contributed by atoms with Crippen molar-refractivity contribution in [2.24, 2.45) is 5.73 Å². The predicted octanol–water partition coefficient (Wildman–Crippen LogP) is 3.03. The van der Waals surface area contributed by atoms with Gasteiger partial charge in [0.1, 0.15) is 0 Å². The second-order valence-corrected chi connectivity index (χ2v) is 6.16. The zero-order chi connectivity index (χ0) is 16.8. The number of carbonyl (C=O) groups is 1. The lowest BCUT2D eigenvalue weighted by atomic mass is 10.0. The zero-order valence-corrected chi connectivity index (χ0v) is 14.5. The first-order valence-corrected chi connectivity index (χ1v) is 8.32. The van der Waals surface area contributed by atoms with E-state index in [0.717, 1.165) is 24.2 Å². The topological polar surface area (TPSA) is 79.6 Å². The molecule has 1 amide bonds. The molecule has 0 radical (unpaired) electrons. The first-order chi connectivity index (χ1) is 11.0. The van der Waals surface area contributed by atoms with Crippen LogP contribution in [0.15, 0.2) is 18.2 Å². The van der Waals surface area contributed by atoms with Crippen LogP contribution in [0.2, 0.25) is 5.02 Å². The zero-order valence-electron chi connectivity index (χ0n) is 13.0. The van der Waals surface area contributed by atoms with Crippen molar-refractivity contribution in [2.45, 2.75) is 25.8 Å². The van der Waals surface area contributed by atoms with Crippen LogP contribution in [0.1, 0.15) is 19.8 Å². The molecule has 126 valence electrons. The SMILES string of the molecule is CCOC(=O)N1CCC(Nc2ccc(Cl)cc2NC(N)=S)CC1. The van der Waals surface area contributed by atoms with Crippen LogP contribution in [-0.4, -0.2) is 41.8 Å². The van der Waals surface area contributed by atoms with Gasteiger partial charge in [0.05, 0.1) is 18.0 Å². The summed E-state index contributed by atoms with van der Waals surface area (Å²) >= 11 is 10.9. The number of piperidine rings is 1. The molecule has 1 aromatic rings. The van der Waals surface area contributed by atoms with Gasteiger partial charge in [-0.05, 0) is 50.2 Å². The van der Waals surface area contributed by atoms with Gasteiger partial charge in [0.2, 0.25) is 0 Å². The largest absolute Gasteiger partial charge is 0.450 e. The van der Waals surface area contributed by atoms with E-state index in [4.69, 9.17) is 34.3 Å². The summed E-state index contributed by atoms with van der Waals surface area (Å²) in [6.07, 6.45) is 1.44. The molecule has 1 aromatic carbocycles. The molecule has 1 saturated heterocycles. The fourth-order valence-corrected chi connectivity index (χ4v) is 2.80. The van der Waals surface area contributed by atoms with Crippen LogP contribution in [0.3, 0.4) is 0 Å². The summed E-state index contributed by atoms with van der Waals surface area (Å²) in [4.78, 5) is 13.4. The molecule has 4 N–H and O–H groups in total. The molecule has 23 heavy (non-hydrogen) atoms. The number of ether oxygens (including phenoxy) is 1. The summed E-state index contributed by atoms with van der Waals surface area (Å²) in [5.41, 5.74) is 7.18. The minimum Gasteiger partial charge on any atom is -0.450 e. The van der Waals surface area contributed by atoms with Crippen LogP contribution in [0, 0.1) is 0 Å². The first-order valence-electron chi connectivity index (χ1n) is 7.54. The maximum Gasteiger partial charge on any atom is 0.409 e. The van der Waals surface area contributed by atoms with E-state index in [1.165, 1.54) is 0 Å². The highest BCUT2D eigenvalue weighted by atomic mass is 35.5. The minimum atomic E-state index is -0.242. The number of nitrogens with two attached hydrogens (primary N) is 1. The number of nitrogens with one attached hydrogen (secondary N) is 2. The molecule has 0 aromatic heterocycles. The first kappa shape index (κ1) is 17.6. The number of likely N-dealkylation sites (tertiary alicyclic amines) is 1. The van der Waals surface area contributed by atoms with Gasteiger partial charge in [-0.25, -0.2) is 4.79 Å². The standard InChI is InChI=1S/C15H21ClN4O2S/c1-2-22-15(21)20-7-5-11(6-8-20)18-12-4-3-10(16)9-13(12)19-14(17)23/h3-4,9,11,18H,2,5-8H2,1H3,(H3,17,19,23). The van der Waals surface area contributed by atoms with Crippen molar-refractivity contribution in [3.63, 3.8) is 0 Å². The number of hydrogen-bond donors (Lipinski definition) is 3. The molecule has 0 atom stereocenters. The summed E-state index contributed by atoms with van der Waals surface area (Å²) in [6, 6.07) is 5.73. The highest BCUT2D eigenvalue weighted by Gasteiger charge is 2.23. The van der Waals surface area contributed by atoms with Gasteiger partial charge in [0, 0.05) is 24.2 Å². The molecule has 0 aliphatic carbocycles. The lowest BCUT2D eigenvalue weighted by Gasteiger charge is -2.32. The molecule has 2 rings (SSSR count). The third-order valence-corrected chi connectivity index (χ3v) is 3.96. The van der Waals surface area contributed by atoms with Crippen molar-refractivity contribution in [3.05, 3.63) is 23.2 Å². The molecular weight excluding hydrogens is 336 g/mol. The summed E-state index contributed by atoms with van der Waals surface area (Å²) in [6.45, 7) is 3.54. The number of amides is 1. The predicted molar refractivity (Wildman–Crippen MR) is 97.1 cm³/mol. The lowest BCUT2D eigenvalue weighted by Crippen LogP contribution is -2.42. The molecule has 0 bridgehead atoms. The maximum atomic E-state index is 11.7. The minimum absolute atomic E-state index is 0.187. The smallest absolute Gasteiger partial charge is 0.409 e. The van der Waals surface area contributed by atoms with Crippen molar-refractivity contribution in [1.82, 2.24) is 4.90 Å². The fourth-order valence-electron chi connectivity index (χ4n) is 2.52. The van der Waals surface area contributed by atoms with Crippen molar-refractivity contribution in [1.29, 1.82) is 0 Å². The molecule has 8 heteroatoms. The Balaban J connectivity index is 1.96. The van der Waals surface area contributed by atoms with Crippen molar-refractivity contribution in [2.75, 3.05) is 30.3 Å².